The summed E-state index contributed by atoms with van der Waals surface area (Å²) >= 11 is 5.83. The van der Waals surface area contributed by atoms with Gasteiger partial charge in [-0.15, -0.1) is 0 Å². The second-order valence-electron chi connectivity index (χ2n) is 5.99. The summed E-state index contributed by atoms with van der Waals surface area (Å²) in [6.07, 6.45) is -0.656. The molecule has 2 atom stereocenters. The van der Waals surface area contributed by atoms with Crippen molar-refractivity contribution in [3.8, 4) is 5.75 Å². The molecule has 0 aliphatic carbocycles. The van der Waals surface area contributed by atoms with E-state index in [1.54, 1.807) is 37.3 Å². The summed E-state index contributed by atoms with van der Waals surface area (Å²) in [5.74, 6) is 0.0367. The lowest BCUT2D eigenvalue weighted by Crippen LogP contribution is -2.41. The van der Waals surface area contributed by atoms with Gasteiger partial charge in [-0.2, -0.15) is 0 Å². The molecular formula is C19H22ClFN2O2. The number of nitrogens with one attached hydrogen (secondary N) is 1. The van der Waals surface area contributed by atoms with Crippen LogP contribution in [0.3, 0.4) is 0 Å². The first kappa shape index (κ1) is 19.2. The Labute approximate surface area is 152 Å². The van der Waals surface area contributed by atoms with E-state index in [-0.39, 0.29) is 17.8 Å². The maximum atomic E-state index is 13.5. The van der Waals surface area contributed by atoms with Gasteiger partial charge in [-0.25, -0.2) is 4.39 Å². The third-order valence-electron chi connectivity index (χ3n) is 3.82. The molecule has 0 saturated carbocycles. The summed E-state index contributed by atoms with van der Waals surface area (Å²) in [6, 6.07) is 13.1. The first-order valence-corrected chi connectivity index (χ1v) is 8.36. The number of hydrogen-bond acceptors (Lipinski definition) is 3. The predicted molar refractivity (Wildman–Crippen MR) is 97.4 cm³/mol. The summed E-state index contributed by atoms with van der Waals surface area (Å²) in [7, 11) is 3.77. The Bertz CT molecular complexity index is 707. The maximum Gasteiger partial charge on any atom is 0.260 e. The summed E-state index contributed by atoms with van der Waals surface area (Å²) in [5.41, 5.74) is 0.802. The number of ether oxygens (including phenoxy) is 1. The topological polar surface area (TPSA) is 41.6 Å². The van der Waals surface area contributed by atoms with Gasteiger partial charge in [-0.1, -0.05) is 23.7 Å². The highest BCUT2D eigenvalue weighted by Gasteiger charge is 2.19. The van der Waals surface area contributed by atoms with Crippen molar-refractivity contribution in [1.29, 1.82) is 0 Å². The van der Waals surface area contributed by atoms with Gasteiger partial charge in [-0.3, -0.25) is 4.79 Å². The second kappa shape index (κ2) is 8.83. The van der Waals surface area contributed by atoms with Crippen LogP contribution in [-0.4, -0.2) is 37.6 Å². The van der Waals surface area contributed by atoms with Crippen molar-refractivity contribution in [1.82, 2.24) is 10.2 Å². The first-order chi connectivity index (χ1) is 11.9. The fourth-order valence-corrected chi connectivity index (χ4v) is 2.55. The Morgan fingerprint density at radius 1 is 1.24 bits per heavy atom. The molecule has 1 amide bonds. The van der Waals surface area contributed by atoms with Gasteiger partial charge in [0.25, 0.3) is 5.91 Å². The highest BCUT2D eigenvalue weighted by Crippen LogP contribution is 2.19. The minimum atomic E-state index is -0.656. The maximum absolute atomic E-state index is 13.5. The van der Waals surface area contributed by atoms with Crippen molar-refractivity contribution >= 4 is 17.5 Å². The molecule has 2 rings (SSSR count). The number of carbonyl (C=O) groups excluding carboxylic acids is 1. The number of carbonyl (C=O) groups is 1. The van der Waals surface area contributed by atoms with Crippen LogP contribution in [0.4, 0.5) is 4.39 Å². The standard InChI is InChI=1S/C19H22ClFN2O2/c1-13(25-17-9-7-15(20)8-10-17)19(24)22-12-18(23(2)3)14-5-4-6-16(21)11-14/h4-11,13,18H,12H2,1-3H3,(H,22,24). The molecule has 1 N–H and O–H groups in total. The molecule has 6 heteroatoms. The third-order valence-corrected chi connectivity index (χ3v) is 4.07. The minimum Gasteiger partial charge on any atom is -0.481 e. The molecule has 0 aliphatic heterocycles. The normalized spacial score (nSPS) is 13.4. The van der Waals surface area contributed by atoms with Crippen molar-refractivity contribution in [2.24, 2.45) is 0 Å². The minimum absolute atomic E-state index is 0.137. The Morgan fingerprint density at radius 3 is 2.52 bits per heavy atom. The van der Waals surface area contributed by atoms with Crippen LogP contribution in [0.15, 0.2) is 48.5 Å². The SMILES string of the molecule is CC(Oc1ccc(Cl)cc1)C(=O)NCC(c1cccc(F)c1)N(C)C. The van der Waals surface area contributed by atoms with Gasteiger partial charge in [0.05, 0.1) is 6.04 Å². The highest BCUT2D eigenvalue weighted by atomic mass is 35.5. The van der Waals surface area contributed by atoms with Crippen LogP contribution in [0.25, 0.3) is 0 Å². The van der Waals surface area contributed by atoms with E-state index in [2.05, 4.69) is 5.32 Å². The summed E-state index contributed by atoms with van der Waals surface area (Å²) < 4.78 is 19.1. The molecule has 2 aromatic rings. The van der Waals surface area contributed by atoms with Gasteiger partial charge in [-0.05, 0) is 63.0 Å². The fraction of sp³-hybridized carbons (Fsp3) is 0.316. The molecule has 0 aliphatic rings. The van der Waals surface area contributed by atoms with Gasteiger partial charge in [0.1, 0.15) is 11.6 Å². The molecule has 134 valence electrons. The Morgan fingerprint density at radius 2 is 1.92 bits per heavy atom. The molecule has 0 aromatic heterocycles. The van der Waals surface area contributed by atoms with Crippen molar-refractivity contribution in [2.45, 2.75) is 19.1 Å². The second-order valence-corrected chi connectivity index (χ2v) is 6.43. The number of likely N-dealkylation sites (N-methyl/N-ethyl adjacent to an activating group) is 1. The van der Waals surface area contributed by atoms with Crippen LogP contribution in [0.5, 0.6) is 5.75 Å². The molecule has 0 spiro atoms. The van der Waals surface area contributed by atoms with Crippen LogP contribution in [0, 0.1) is 5.82 Å². The van der Waals surface area contributed by atoms with Crippen molar-refractivity contribution in [2.75, 3.05) is 20.6 Å². The summed E-state index contributed by atoms with van der Waals surface area (Å²) in [4.78, 5) is 14.2. The van der Waals surface area contributed by atoms with Gasteiger partial charge >= 0.3 is 0 Å². The summed E-state index contributed by atoms with van der Waals surface area (Å²) in [5, 5.41) is 3.46. The van der Waals surface area contributed by atoms with Crippen LogP contribution >= 0.6 is 11.6 Å². The van der Waals surface area contributed by atoms with Crippen LogP contribution < -0.4 is 10.1 Å². The van der Waals surface area contributed by atoms with E-state index in [1.807, 2.05) is 25.1 Å². The van der Waals surface area contributed by atoms with E-state index in [0.717, 1.165) is 5.56 Å². The third kappa shape index (κ3) is 5.73. The quantitative estimate of drug-likeness (QED) is 0.815. The fourth-order valence-electron chi connectivity index (χ4n) is 2.42. The molecular weight excluding hydrogens is 343 g/mol. The van der Waals surface area contributed by atoms with Crippen molar-refractivity contribution in [3.05, 3.63) is 64.9 Å². The first-order valence-electron chi connectivity index (χ1n) is 7.98. The smallest absolute Gasteiger partial charge is 0.260 e. The molecule has 25 heavy (non-hydrogen) atoms. The zero-order chi connectivity index (χ0) is 18.4. The van der Waals surface area contributed by atoms with E-state index in [4.69, 9.17) is 16.3 Å². The number of rotatable bonds is 7. The average Bonchev–Trinajstić information content (AvgIpc) is 2.56. The molecule has 0 fully saturated rings. The largest absolute Gasteiger partial charge is 0.481 e. The Kier molecular flexibility index (Phi) is 6.79. The van der Waals surface area contributed by atoms with E-state index in [1.165, 1.54) is 12.1 Å². The summed E-state index contributed by atoms with van der Waals surface area (Å²) in [6.45, 7) is 2.03. The molecule has 0 radical (unpaired) electrons. The molecule has 2 aromatic carbocycles. The Hall–Kier alpha value is -2.11. The number of nitrogens with zero attached hydrogens (tertiary/aromatic N) is 1. The van der Waals surface area contributed by atoms with Crippen LogP contribution in [0.1, 0.15) is 18.5 Å². The lowest BCUT2D eigenvalue weighted by Gasteiger charge is -2.26. The molecule has 4 nitrogen and oxygen atoms in total. The van der Waals surface area contributed by atoms with E-state index in [0.29, 0.717) is 17.3 Å². The zero-order valence-electron chi connectivity index (χ0n) is 14.5. The van der Waals surface area contributed by atoms with E-state index < -0.39 is 6.10 Å². The van der Waals surface area contributed by atoms with Gasteiger partial charge in [0, 0.05) is 11.6 Å². The highest BCUT2D eigenvalue weighted by molar-refractivity contribution is 6.30. The predicted octanol–water partition coefficient (Wildman–Crippen LogP) is 3.67. The molecule has 0 saturated heterocycles. The van der Waals surface area contributed by atoms with Gasteiger partial charge in [0.2, 0.25) is 0 Å². The monoisotopic (exact) mass is 364 g/mol. The van der Waals surface area contributed by atoms with Crippen molar-refractivity contribution < 1.29 is 13.9 Å². The van der Waals surface area contributed by atoms with E-state index >= 15 is 0 Å². The van der Waals surface area contributed by atoms with Gasteiger partial charge < -0.3 is 15.0 Å². The van der Waals surface area contributed by atoms with Crippen LogP contribution in [-0.2, 0) is 4.79 Å². The van der Waals surface area contributed by atoms with E-state index in [9.17, 15) is 9.18 Å². The lowest BCUT2D eigenvalue weighted by molar-refractivity contribution is -0.127. The molecule has 0 bridgehead atoms. The van der Waals surface area contributed by atoms with Crippen molar-refractivity contribution in [3.63, 3.8) is 0 Å². The Balaban J connectivity index is 1.95. The van der Waals surface area contributed by atoms with Crippen LogP contribution in [0.2, 0.25) is 5.02 Å². The zero-order valence-corrected chi connectivity index (χ0v) is 15.3. The van der Waals surface area contributed by atoms with Gasteiger partial charge in [0.15, 0.2) is 6.10 Å². The number of benzene rings is 2. The molecule has 0 heterocycles. The molecule has 2 unspecified atom stereocenters. The number of hydrogen-bond donors (Lipinski definition) is 1. The average molecular weight is 365 g/mol. The lowest BCUT2D eigenvalue weighted by atomic mass is 10.1. The number of amides is 1. The number of halogens is 2.